The second-order valence-corrected chi connectivity index (χ2v) is 4.44. The quantitative estimate of drug-likeness (QED) is 0.830. The first-order chi connectivity index (χ1) is 10.2. The number of hydrogen-bond acceptors (Lipinski definition) is 5. The highest BCUT2D eigenvalue weighted by molar-refractivity contribution is 5.99. The average Bonchev–Trinajstić information content (AvgIpc) is 2.46. The van der Waals surface area contributed by atoms with Gasteiger partial charge in [0.2, 0.25) is 0 Å². The summed E-state index contributed by atoms with van der Waals surface area (Å²) in [6.07, 6.45) is -8.48. The normalized spacial score (nSPS) is 20.8. The number of aromatic nitrogens is 1. The van der Waals surface area contributed by atoms with Crippen molar-refractivity contribution < 1.29 is 37.7 Å². The van der Waals surface area contributed by atoms with E-state index in [9.17, 15) is 27.9 Å². The third-order valence-corrected chi connectivity index (χ3v) is 2.96. The second kappa shape index (κ2) is 5.89. The first-order valence-corrected chi connectivity index (χ1v) is 6.10. The van der Waals surface area contributed by atoms with Gasteiger partial charge in [-0.1, -0.05) is 6.07 Å². The Balaban J connectivity index is 2.29. The molecular formula is C12H11F3N2O5. The standard InChI is InChI=1S/C12H11F3N2O5/c13-12(14,15)6-2-1-3-7(16-6)17-4-5-22-9(10(17)19)8(18)11(20)21/h1-3,8-9,18H,4-5H2,(H,20,21). The van der Waals surface area contributed by atoms with Crippen molar-refractivity contribution in [2.45, 2.75) is 18.4 Å². The topological polar surface area (TPSA) is 100.0 Å². The predicted molar refractivity (Wildman–Crippen MR) is 65.0 cm³/mol. The van der Waals surface area contributed by atoms with E-state index in [1.165, 1.54) is 6.07 Å². The van der Waals surface area contributed by atoms with Crippen molar-refractivity contribution in [3.63, 3.8) is 0 Å². The van der Waals surface area contributed by atoms with Crippen LogP contribution in [0.2, 0.25) is 0 Å². The number of halogens is 3. The molecule has 0 aromatic carbocycles. The summed E-state index contributed by atoms with van der Waals surface area (Å²) < 4.78 is 42.8. The molecule has 1 aromatic heterocycles. The van der Waals surface area contributed by atoms with E-state index in [1.807, 2.05) is 0 Å². The number of aliphatic hydroxyl groups is 1. The Bertz CT molecular complexity index is 592. The van der Waals surface area contributed by atoms with E-state index in [1.54, 1.807) is 0 Å². The van der Waals surface area contributed by atoms with Crippen LogP contribution in [-0.4, -0.2) is 52.4 Å². The van der Waals surface area contributed by atoms with Crippen LogP contribution in [0.5, 0.6) is 0 Å². The molecule has 0 aliphatic carbocycles. The van der Waals surface area contributed by atoms with Crippen LogP contribution in [0.1, 0.15) is 5.69 Å². The summed E-state index contributed by atoms with van der Waals surface area (Å²) in [5.41, 5.74) is -1.18. The van der Waals surface area contributed by atoms with Crippen molar-refractivity contribution in [2.24, 2.45) is 0 Å². The largest absolute Gasteiger partial charge is 0.479 e. The van der Waals surface area contributed by atoms with E-state index in [0.29, 0.717) is 0 Å². The van der Waals surface area contributed by atoms with Crippen LogP contribution in [0.25, 0.3) is 0 Å². The van der Waals surface area contributed by atoms with Crippen LogP contribution in [0, 0.1) is 0 Å². The van der Waals surface area contributed by atoms with Gasteiger partial charge in [0, 0.05) is 0 Å². The molecule has 2 rings (SSSR count). The van der Waals surface area contributed by atoms with Gasteiger partial charge in [-0.05, 0) is 12.1 Å². The minimum atomic E-state index is -4.68. The molecule has 0 bridgehead atoms. The van der Waals surface area contributed by atoms with Crippen LogP contribution in [0.15, 0.2) is 18.2 Å². The van der Waals surface area contributed by atoms with Gasteiger partial charge in [0.05, 0.1) is 13.2 Å². The number of aliphatic carboxylic acids is 1. The summed E-state index contributed by atoms with van der Waals surface area (Å²) in [5, 5.41) is 18.1. The molecule has 7 nitrogen and oxygen atoms in total. The molecular weight excluding hydrogens is 309 g/mol. The fraction of sp³-hybridized carbons (Fsp3) is 0.417. The van der Waals surface area contributed by atoms with E-state index in [0.717, 1.165) is 17.0 Å². The third-order valence-electron chi connectivity index (χ3n) is 2.96. The third kappa shape index (κ3) is 3.17. The zero-order chi connectivity index (χ0) is 16.5. The average molecular weight is 320 g/mol. The lowest BCUT2D eigenvalue weighted by Gasteiger charge is -2.32. The molecule has 0 saturated carbocycles. The fourth-order valence-electron chi connectivity index (χ4n) is 1.92. The lowest BCUT2D eigenvalue weighted by molar-refractivity contribution is -0.163. The number of alkyl halides is 3. The van der Waals surface area contributed by atoms with E-state index < -0.39 is 36.0 Å². The maximum Gasteiger partial charge on any atom is 0.433 e. The number of carboxylic acids is 1. The molecule has 0 radical (unpaired) electrons. The molecule has 0 spiro atoms. The molecule has 120 valence electrons. The van der Waals surface area contributed by atoms with Crippen molar-refractivity contribution in [1.29, 1.82) is 0 Å². The van der Waals surface area contributed by atoms with Gasteiger partial charge in [-0.3, -0.25) is 9.69 Å². The molecule has 2 unspecified atom stereocenters. The Kier molecular flexibility index (Phi) is 4.33. The molecule has 1 saturated heterocycles. The van der Waals surface area contributed by atoms with Gasteiger partial charge in [-0.15, -0.1) is 0 Å². The second-order valence-electron chi connectivity index (χ2n) is 4.44. The number of pyridine rings is 1. The molecule has 10 heteroatoms. The number of nitrogens with zero attached hydrogens (tertiary/aromatic N) is 2. The van der Waals surface area contributed by atoms with Gasteiger partial charge in [-0.25, -0.2) is 9.78 Å². The van der Waals surface area contributed by atoms with Crippen LogP contribution in [-0.2, 0) is 20.5 Å². The van der Waals surface area contributed by atoms with Gasteiger partial charge < -0.3 is 14.9 Å². The number of amides is 1. The monoisotopic (exact) mass is 320 g/mol. The van der Waals surface area contributed by atoms with Gasteiger partial charge in [0.1, 0.15) is 11.5 Å². The van der Waals surface area contributed by atoms with Gasteiger partial charge in [0.25, 0.3) is 5.91 Å². The van der Waals surface area contributed by atoms with Gasteiger partial charge in [-0.2, -0.15) is 13.2 Å². The Labute approximate surface area is 121 Å². The zero-order valence-electron chi connectivity index (χ0n) is 10.9. The zero-order valence-corrected chi connectivity index (χ0v) is 10.9. The van der Waals surface area contributed by atoms with E-state index in [2.05, 4.69) is 4.98 Å². The number of hydrogen-bond donors (Lipinski definition) is 2. The fourth-order valence-corrected chi connectivity index (χ4v) is 1.92. The number of carboxylic acid groups (broad SMARTS) is 1. The van der Waals surface area contributed by atoms with E-state index in [-0.39, 0.29) is 19.0 Å². The summed E-state index contributed by atoms with van der Waals surface area (Å²) in [7, 11) is 0. The maximum absolute atomic E-state index is 12.6. The molecule has 2 heterocycles. The number of rotatable bonds is 3. The van der Waals surface area contributed by atoms with E-state index in [4.69, 9.17) is 9.84 Å². The molecule has 1 amide bonds. The van der Waals surface area contributed by atoms with Crippen LogP contribution >= 0.6 is 0 Å². The first kappa shape index (κ1) is 16.2. The number of carbonyl (C=O) groups excluding carboxylic acids is 1. The molecule has 1 fully saturated rings. The van der Waals surface area contributed by atoms with Crippen LogP contribution in [0.4, 0.5) is 19.0 Å². The minimum Gasteiger partial charge on any atom is -0.479 e. The SMILES string of the molecule is O=C(O)C(O)C1OCCN(c2cccc(C(F)(F)F)n2)C1=O. The summed E-state index contributed by atoms with van der Waals surface area (Å²) in [5.74, 6) is -2.92. The number of morpholine rings is 1. The first-order valence-electron chi connectivity index (χ1n) is 6.10. The molecule has 22 heavy (non-hydrogen) atoms. The number of ether oxygens (including phenoxy) is 1. The van der Waals surface area contributed by atoms with Crippen molar-refractivity contribution in [3.05, 3.63) is 23.9 Å². The number of anilines is 1. The smallest absolute Gasteiger partial charge is 0.433 e. The molecule has 2 atom stereocenters. The Morgan fingerprint density at radius 2 is 2.14 bits per heavy atom. The summed E-state index contributed by atoms with van der Waals surface area (Å²) in [6.45, 7) is -0.241. The summed E-state index contributed by atoms with van der Waals surface area (Å²) in [6, 6.07) is 3.01. The van der Waals surface area contributed by atoms with Crippen molar-refractivity contribution in [2.75, 3.05) is 18.1 Å². The Morgan fingerprint density at radius 1 is 1.45 bits per heavy atom. The maximum atomic E-state index is 12.6. The highest BCUT2D eigenvalue weighted by Crippen LogP contribution is 2.29. The number of carbonyl (C=O) groups is 2. The Hall–Kier alpha value is -2.20. The van der Waals surface area contributed by atoms with Crippen molar-refractivity contribution in [3.8, 4) is 0 Å². The summed E-state index contributed by atoms with van der Waals surface area (Å²) in [4.78, 5) is 27.0. The van der Waals surface area contributed by atoms with Crippen molar-refractivity contribution in [1.82, 2.24) is 4.98 Å². The summed E-state index contributed by atoms with van der Waals surface area (Å²) >= 11 is 0. The Morgan fingerprint density at radius 3 is 2.73 bits per heavy atom. The van der Waals surface area contributed by atoms with Crippen LogP contribution < -0.4 is 4.90 Å². The molecule has 1 aromatic rings. The highest BCUT2D eigenvalue weighted by Gasteiger charge is 2.40. The molecule has 2 N–H and O–H groups in total. The highest BCUT2D eigenvalue weighted by atomic mass is 19.4. The lowest BCUT2D eigenvalue weighted by atomic mass is 10.1. The van der Waals surface area contributed by atoms with E-state index >= 15 is 0 Å². The van der Waals surface area contributed by atoms with Gasteiger partial charge >= 0.3 is 12.1 Å². The predicted octanol–water partition coefficient (Wildman–Crippen LogP) is 0.278. The van der Waals surface area contributed by atoms with Gasteiger partial charge in [0.15, 0.2) is 12.2 Å². The lowest BCUT2D eigenvalue weighted by Crippen LogP contribution is -2.54. The molecule has 1 aliphatic heterocycles. The number of aliphatic hydroxyl groups excluding tert-OH is 1. The van der Waals surface area contributed by atoms with Crippen molar-refractivity contribution >= 4 is 17.7 Å². The molecule has 1 aliphatic rings. The minimum absolute atomic E-state index is 0.101. The van der Waals surface area contributed by atoms with Crippen LogP contribution in [0.3, 0.4) is 0 Å².